The van der Waals surface area contributed by atoms with Crippen LogP contribution in [0.5, 0.6) is 5.75 Å². The summed E-state index contributed by atoms with van der Waals surface area (Å²) in [5, 5.41) is 6.73. The van der Waals surface area contributed by atoms with Crippen LogP contribution >= 0.6 is 0 Å². The van der Waals surface area contributed by atoms with Gasteiger partial charge in [-0.15, -0.1) is 0 Å². The average molecular weight is 344 g/mol. The van der Waals surface area contributed by atoms with E-state index in [2.05, 4.69) is 36.6 Å². The van der Waals surface area contributed by atoms with Crippen molar-refractivity contribution < 1.29 is 9.53 Å². The number of ether oxygens (including phenoxy) is 1. The zero-order valence-corrected chi connectivity index (χ0v) is 15.6. The van der Waals surface area contributed by atoms with Gasteiger partial charge < -0.3 is 15.4 Å². The molecule has 2 unspecified atom stereocenters. The molecule has 1 aromatic carbocycles. The maximum atomic E-state index is 12.2. The van der Waals surface area contributed by atoms with E-state index in [1.807, 2.05) is 12.1 Å². The Morgan fingerprint density at radius 2 is 1.88 bits per heavy atom. The number of piperidine rings is 1. The number of carbonyl (C=O) groups is 1. The van der Waals surface area contributed by atoms with Crippen molar-refractivity contribution in [2.75, 3.05) is 13.2 Å². The zero-order chi connectivity index (χ0) is 17.6. The number of benzene rings is 1. The van der Waals surface area contributed by atoms with Crippen LogP contribution in [0.4, 0.5) is 0 Å². The maximum absolute atomic E-state index is 12.2. The normalized spacial score (nSPS) is 25.2. The van der Waals surface area contributed by atoms with Gasteiger partial charge in [-0.1, -0.05) is 26.0 Å². The van der Waals surface area contributed by atoms with Crippen molar-refractivity contribution in [1.29, 1.82) is 0 Å². The summed E-state index contributed by atoms with van der Waals surface area (Å²) in [6.07, 6.45) is 6.48. The Balaban J connectivity index is 1.34. The Kier molecular flexibility index (Phi) is 6.35. The third-order valence-corrected chi connectivity index (χ3v) is 5.29. The van der Waals surface area contributed by atoms with E-state index in [-0.39, 0.29) is 5.91 Å². The molecule has 3 rings (SSSR count). The van der Waals surface area contributed by atoms with E-state index >= 15 is 0 Å². The van der Waals surface area contributed by atoms with Crippen molar-refractivity contribution in [1.82, 2.24) is 10.6 Å². The van der Waals surface area contributed by atoms with Crippen molar-refractivity contribution in [2.24, 2.45) is 11.8 Å². The molecule has 0 radical (unpaired) electrons. The van der Waals surface area contributed by atoms with Crippen molar-refractivity contribution in [3.05, 3.63) is 29.8 Å². The number of hydrogen-bond acceptors (Lipinski definition) is 3. The van der Waals surface area contributed by atoms with Gasteiger partial charge in [-0.3, -0.25) is 4.79 Å². The van der Waals surface area contributed by atoms with Gasteiger partial charge in [0, 0.05) is 25.0 Å². The third-order valence-electron chi connectivity index (χ3n) is 5.29. The Morgan fingerprint density at radius 1 is 1.20 bits per heavy atom. The molecule has 0 aliphatic carbocycles. The second-order valence-electron chi connectivity index (χ2n) is 8.13. The number of amides is 1. The summed E-state index contributed by atoms with van der Waals surface area (Å²) < 4.78 is 5.70. The van der Waals surface area contributed by atoms with E-state index in [9.17, 15) is 4.79 Å². The van der Waals surface area contributed by atoms with Crippen molar-refractivity contribution >= 4 is 5.91 Å². The van der Waals surface area contributed by atoms with E-state index < -0.39 is 0 Å². The number of nitrogens with one attached hydrogen (secondary N) is 2. The minimum atomic E-state index is 0.211. The Hall–Kier alpha value is -1.55. The topological polar surface area (TPSA) is 50.4 Å². The lowest BCUT2D eigenvalue weighted by Gasteiger charge is -2.28. The van der Waals surface area contributed by atoms with Crippen molar-refractivity contribution in [2.45, 2.75) is 64.5 Å². The van der Waals surface area contributed by atoms with E-state index in [1.165, 1.54) is 31.2 Å². The summed E-state index contributed by atoms with van der Waals surface area (Å²) in [5.74, 6) is 2.23. The maximum Gasteiger partial charge on any atom is 0.220 e. The van der Waals surface area contributed by atoms with Gasteiger partial charge in [0.25, 0.3) is 0 Å². The molecule has 25 heavy (non-hydrogen) atoms. The van der Waals surface area contributed by atoms with Gasteiger partial charge >= 0.3 is 0 Å². The smallest absolute Gasteiger partial charge is 0.220 e. The van der Waals surface area contributed by atoms with Crippen LogP contribution in [0.15, 0.2) is 24.3 Å². The quantitative estimate of drug-likeness (QED) is 0.761. The third kappa shape index (κ3) is 5.74. The van der Waals surface area contributed by atoms with E-state index in [1.54, 1.807) is 0 Å². The van der Waals surface area contributed by atoms with Gasteiger partial charge in [0.15, 0.2) is 0 Å². The van der Waals surface area contributed by atoms with Crippen LogP contribution in [-0.2, 0) is 11.2 Å². The number of rotatable bonds is 8. The molecule has 2 atom stereocenters. The molecule has 2 fully saturated rings. The first kappa shape index (κ1) is 18.2. The van der Waals surface area contributed by atoms with Gasteiger partial charge in [0.1, 0.15) is 5.75 Å². The fraction of sp³-hybridized carbons (Fsp3) is 0.667. The summed E-state index contributed by atoms with van der Waals surface area (Å²) in [6, 6.07) is 9.54. The van der Waals surface area contributed by atoms with Gasteiger partial charge in [-0.05, 0) is 61.6 Å². The average Bonchev–Trinajstić information content (AvgIpc) is 2.92. The van der Waals surface area contributed by atoms with E-state index in [4.69, 9.17) is 4.74 Å². The molecule has 4 nitrogen and oxygen atoms in total. The number of hydrogen-bond donors (Lipinski definition) is 2. The Labute approximate surface area is 151 Å². The molecular weight excluding hydrogens is 312 g/mol. The molecule has 2 heterocycles. The highest BCUT2D eigenvalue weighted by atomic mass is 16.5. The molecule has 4 heteroatoms. The molecule has 2 aliphatic rings. The highest BCUT2D eigenvalue weighted by molar-refractivity contribution is 5.76. The lowest BCUT2D eigenvalue weighted by molar-refractivity contribution is -0.122. The van der Waals surface area contributed by atoms with E-state index in [0.717, 1.165) is 18.8 Å². The van der Waals surface area contributed by atoms with Crippen LogP contribution in [0.2, 0.25) is 0 Å². The molecule has 2 saturated heterocycles. The largest absolute Gasteiger partial charge is 0.493 e. The summed E-state index contributed by atoms with van der Waals surface area (Å²) >= 11 is 0. The van der Waals surface area contributed by atoms with Gasteiger partial charge in [-0.2, -0.15) is 0 Å². The molecule has 1 amide bonds. The van der Waals surface area contributed by atoms with Crippen molar-refractivity contribution in [3.8, 4) is 5.75 Å². The summed E-state index contributed by atoms with van der Waals surface area (Å²) in [6.45, 7) is 5.74. The van der Waals surface area contributed by atoms with Crippen LogP contribution in [0.25, 0.3) is 0 Å². The molecule has 2 aliphatic heterocycles. The minimum Gasteiger partial charge on any atom is -0.493 e. The zero-order valence-electron chi connectivity index (χ0n) is 15.6. The highest BCUT2D eigenvalue weighted by Gasteiger charge is 2.34. The molecule has 138 valence electrons. The minimum absolute atomic E-state index is 0.211. The fourth-order valence-electron chi connectivity index (χ4n) is 4.04. The summed E-state index contributed by atoms with van der Waals surface area (Å²) in [5.41, 5.74) is 1.23. The first-order valence-electron chi connectivity index (χ1n) is 9.83. The molecule has 0 spiro atoms. The van der Waals surface area contributed by atoms with Crippen LogP contribution in [0, 0.1) is 11.8 Å². The Morgan fingerprint density at radius 3 is 2.52 bits per heavy atom. The van der Waals surface area contributed by atoms with E-state index in [0.29, 0.717) is 36.9 Å². The van der Waals surface area contributed by atoms with Crippen molar-refractivity contribution in [3.63, 3.8) is 0 Å². The lowest BCUT2D eigenvalue weighted by atomic mass is 9.89. The highest BCUT2D eigenvalue weighted by Crippen LogP contribution is 2.32. The fourth-order valence-corrected chi connectivity index (χ4v) is 4.04. The molecule has 1 aromatic rings. The monoisotopic (exact) mass is 344 g/mol. The lowest BCUT2D eigenvalue weighted by Crippen LogP contribution is -2.39. The predicted octanol–water partition coefficient (Wildman–Crippen LogP) is 3.30. The van der Waals surface area contributed by atoms with Gasteiger partial charge in [-0.25, -0.2) is 0 Å². The second-order valence-corrected chi connectivity index (χ2v) is 8.13. The van der Waals surface area contributed by atoms with Crippen LogP contribution in [0.1, 0.15) is 51.5 Å². The molecule has 0 saturated carbocycles. The summed E-state index contributed by atoms with van der Waals surface area (Å²) in [7, 11) is 0. The first-order chi connectivity index (χ1) is 12.1. The van der Waals surface area contributed by atoms with Crippen LogP contribution in [0.3, 0.4) is 0 Å². The molecular formula is C21H32N2O2. The number of carbonyl (C=O) groups excluding carboxylic acids is 1. The number of fused-ring (bicyclic) bond motifs is 2. The second kappa shape index (κ2) is 8.70. The van der Waals surface area contributed by atoms with Crippen LogP contribution in [-0.4, -0.2) is 31.1 Å². The Bertz CT molecular complexity index is 544. The predicted molar refractivity (Wildman–Crippen MR) is 101 cm³/mol. The SMILES string of the molecule is CC(C)COc1ccc(CCNC(=O)CC2CC3CCC(C2)N3)cc1. The molecule has 2 bridgehead atoms. The van der Waals surface area contributed by atoms with Gasteiger partial charge in [0.2, 0.25) is 5.91 Å². The van der Waals surface area contributed by atoms with Gasteiger partial charge in [0.05, 0.1) is 6.61 Å². The standard InChI is InChI=1S/C21H32N2O2/c1-15(2)14-25-20-7-3-16(4-8-20)9-10-22-21(24)13-17-11-18-5-6-19(12-17)23-18/h3-4,7-8,15,17-19,23H,5-6,9-14H2,1-2H3,(H,22,24). The molecule has 0 aromatic heterocycles. The first-order valence-corrected chi connectivity index (χ1v) is 9.83. The molecule has 2 N–H and O–H groups in total. The summed E-state index contributed by atoms with van der Waals surface area (Å²) in [4.78, 5) is 12.2. The van der Waals surface area contributed by atoms with Crippen LogP contribution < -0.4 is 15.4 Å².